The molecule has 1 aliphatic heterocycles. The zero-order chi connectivity index (χ0) is 20.3. The summed E-state index contributed by atoms with van der Waals surface area (Å²) in [6, 6.07) is 7.29. The number of ether oxygens (including phenoxy) is 1. The molecule has 0 bridgehead atoms. The van der Waals surface area contributed by atoms with Crippen molar-refractivity contribution < 1.29 is 18.7 Å². The number of esters is 1. The number of carbonyl (C=O) groups excluding carboxylic acids is 2. The van der Waals surface area contributed by atoms with Gasteiger partial charge in [-0.2, -0.15) is 0 Å². The molecule has 0 spiro atoms. The number of hydrogen-bond acceptors (Lipinski definition) is 5. The molecule has 150 valence electrons. The van der Waals surface area contributed by atoms with Crippen molar-refractivity contribution in [2.45, 2.75) is 20.4 Å². The Hall–Kier alpha value is -2.67. The summed E-state index contributed by atoms with van der Waals surface area (Å²) in [5.41, 5.74) is 2.64. The van der Waals surface area contributed by atoms with Gasteiger partial charge in [0.2, 0.25) is 0 Å². The minimum atomic E-state index is -0.453. The second-order valence-corrected chi connectivity index (χ2v) is 7.17. The first-order valence-electron chi connectivity index (χ1n) is 9.10. The first-order valence-corrected chi connectivity index (χ1v) is 9.48. The van der Waals surface area contributed by atoms with Crippen molar-refractivity contribution in [3.8, 4) is 0 Å². The molecule has 1 fully saturated rings. The van der Waals surface area contributed by atoms with Crippen LogP contribution in [0.25, 0.3) is 0 Å². The van der Waals surface area contributed by atoms with Crippen LogP contribution in [0.15, 0.2) is 28.7 Å². The lowest BCUT2D eigenvalue weighted by Crippen LogP contribution is -2.51. The molecule has 1 N–H and O–H groups in total. The standard InChI is InChI=1S/C20H24ClN3O4/c1-13-4-5-15(21)10-18(13)23-6-8-24(9-7-23)20(26)22-12-16-11-17(14(2)28-16)19(25)27-3/h4-5,10-11H,6-9,12H2,1-3H3,(H,22,26). The van der Waals surface area contributed by atoms with Gasteiger partial charge >= 0.3 is 12.0 Å². The number of methoxy groups -OCH3 is 1. The number of hydrogen-bond donors (Lipinski definition) is 1. The van der Waals surface area contributed by atoms with Crippen LogP contribution in [0.3, 0.4) is 0 Å². The number of benzene rings is 1. The Labute approximate surface area is 169 Å². The summed E-state index contributed by atoms with van der Waals surface area (Å²) in [6.07, 6.45) is 0. The lowest BCUT2D eigenvalue weighted by molar-refractivity contribution is 0.0598. The first-order chi connectivity index (χ1) is 13.4. The van der Waals surface area contributed by atoms with Gasteiger partial charge in [-0.1, -0.05) is 17.7 Å². The van der Waals surface area contributed by atoms with Crippen molar-refractivity contribution >= 4 is 29.3 Å². The summed E-state index contributed by atoms with van der Waals surface area (Å²) >= 11 is 6.12. The van der Waals surface area contributed by atoms with E-state index in [4.69, 9.17) is 20.8 Å². The third kappa shape index (κ3) is 4.42. The Kier molecular flexibility index (Phi) is 6.14. The fourth-order valence-electron chi connectivity index (χ4n) is 3.29. The largest absolute Gasteiger partial charge is 0.465 e. The van der Waals surface area contributed by atoms with E-state index in [0.717, 1.165) is 24.3 Å². The lowest BCUT2D eigenvalue weighted by Gasteiger charge is -2.36. The second kappa shape index (κ2) is 8.56. The first kappa shape index (κ1) is 20.1. The maximum absolute atomic E-state index is 12.5. The molecule has 1 saturated heterocycles. The molecular weight excluding hydrogens is 382 g/mol. The van der Waals surface area contributed by atoms with Crippen LogP contribution in [0.4, 0.5) is 10.5 Å². The van der Waals surface area contributed by atoms with Crippen molar-refractivity contribution in [1.29, 1.82) is 0 Å². The summed E-state index contributed by atoms with van der Waals surface area (Å²) in [6.45, 7) is 6.66. The highest BCUT2D eigenvalue weighted by Gasteiger charge is 2.23. The zero-order valence-corrected chi connectivity index (χ0v) is 17.0. The molecule has 0 atom stereocenters. The molecule has 28 heavy (non-hydrogen) atoms. The molecule has 0 radical (unpaired) electrons. The number of nitrogens with one attached hydrogen (secondary N) is 1. The fraction of sp³-hybridized carbons (Fsp3) is 0.400. The number of piperazine rings is 1. The van der Waals surface area contributed by atoms with Gasteiger partial charge in [-0.25, -0.2) is 9.59 Å². The van der Waals surface area contributed by atoms with E-state index in [1.807, 2.05) is 18.2 Å². The molecule has 7 nitrogen and oxygen atoms in total. The van der Waals surface area contributed by atoms with E-state index < -0.39 is 5.97 Å². The Balaban J connectivity index is 1.53. The summed E-state index contributed by atoms with van der Waals surface area (Å²) < 4.78 is 10.2. The smallest absolute Gasteiger partial charge is 0.341 e. The highest BCUT2D eigenvalue weighted by Crippen LogP contribution is 2.25. The van der Waals surface area contributed by atoms with Crippen molar-refractivity contribution in [3.63, 3.8) is 0 Å². The minimum absolute atomic E-state index is 0.156. The zero-order valence-electron chi connectivity index (χ0n) is 16.3. The number of rotatable bonds is 4. The SMILES string of the molecule is COC(=O)c1cc(CNC(=O)N2CCN(c3cc(Cl)ccc3C)CC2)oc1C. The van der Waals surface area contributed by atoms with Crippen LogP contribution in [0.5, 0.6) is 0 Å². The highest BCUT2D eigenvalue weighted by molar-refractivity contribution is 6.30. The molecule has 0 unspecified atom stereocenters. The predicted octanol–water partition coefficient (Wildman–Crippen LogP) is 3.37. The minimum Gasteiger partial charge on any atom is -0.465 e. The summed E-state index contributed by atoms with van der Waals surface area (Å²) in [4.78, 5) is 28.1. The van der Waals surface area contributed by atoms with E-state index in [9.17, 15) is 9.59 Å². The normalized spacial score (nSPS) is 14.1. The molecule has 3 rings (SSSR count). The van der Waals surface area contributed by atoms with E-state index >= 15 is 0 Å². The van der Waals surface area contributed by atoms with Gasteiger partial charge in [0.05, 0.1) is 13.7 Å². The Bertz CT molecular complexity index is 872. The predicted molar refractivity (Wildman–Crippen MR) is 107 cm³/mol. The molecular formula is C20H24ClN3O4. The number of furan rings is 1. The van der Waals surface area contributed by atoms with E-state index in [1.165, 1.54) is 7.11 Å². The summed E-state index contributed by atoms with van der Waals surface area (Å²) in [7, 11) is 1.32. The number of anilines is 1. The van der Waals surface area contributed by atoms with Crippen LogP contribution in [0.2, 0.25) is 5.02 Å². The molecule has 0 saturated carbocycles. The maximum atomic E-state index is 12.5. The number of nitrogens with zero attached hydrogens (tertiary/aromatic N) is 2. The number of carbonyl (C=O) groups is 2. The van der Waals surface area contributed by atoms with Gasteiger partial charge < -0.3 is 24.3 Å². The molecule has 8 heteroatoms. The molecule has 1 aliphatic rings. The van der Waals surface area contributed by atoms with Crippen LogP contribution >= 0.6 is 11.6 Å². The molecule has 1 aromatic carbocycles. The third-order valence-electron chi connectivity index (χ3n) is 4.87. The summed E-state index contributed by atoms with van der Waals surface area (Å²) in [5.74, 6) is 0.535. The monoisotopic (exact) mass is 405 g/mol. The van der Waals surface area contributed by atoms with Crippen LogP contribution in [-0.2, 0) is 11.3 Å². The number of amides is 2. The van der Waals surface area contributed by atoms with Gasteiger partial charge in [0, 0.05) is 36.9 Å². The van der Waals surface area contributed by atoms with Crippen LogP contribution in [-0.4, -0.2) is 50.2 Å². The summed E-state index contributed by atoms with van der Waals surface area (Å²) in [5, 5.41) is 3.55. The van der Waals surface area contributed by atoms with Crippen molar-refractivity contribution in [2.24, 2.45) is 0 Å². The third-order valence-corrected chi connectivity index (χ3v) is 5.10. The Morgan fingerprint density at radius 3 is 2.57 bits per heavy atom. The lowest BCUT2D eigenvalue weighted by atomic mass is 10.1. The van der Waals surface area contributed by atoms with E-state index in [2.05, 4.69) is 17.1 Å². The van der Waals surface area contributed by atoms with Gasteiger partial charge in [-0.3, -0.25) is 0 Å². The number of urea groups is 1. The average Bonchev–Trinajstić information content (AvgIpc) is 3.08. The average molecular weight is 406 g/mol. The number of aryl methyl sites for hydroxylation is 2. The van der Waals surface area contributed by atoms with E-state index in [-0.39, 0.29) is 12.6 Å². The fourth-order valence-corrected chi connectivity index (χ4v) is 3.46. The van der Waals surface area contributed by atoms with Gasteiger partial charge in [-0.15, -0.1) is 0 Å². The van der Waals surface area contributed by atoms with Crippen LogP contribution < -0.4 is 10.2 Å². The Morgan fingerprint density at radius 2 is 1.89 bits per heavy atom. The van der Waals surface area contributed by atoms with Gasteiger partial charge in [-0.05, 0) is 37.6 Å². The quantitative estimate of drug-likeness (QED) is 0.789. The Morgan fingerprint density at radius 1 is 1.18 bits per heavy atom. The molecule has 0 aliphatic carbocycles. The number of halogens is 1. The van der Waals surface area contributed by atoms with E-state index in [0.29, 0.717) is 35.2 Å². The van der Waals surface area contributed by atoms with Gasteiger partial charge in [0.15, 0.2) is 0 Å². The molecule has 2 heterocycles. The molecule has 2 aromatic rings. The highest BCUT2D eigenvalue weighted by atomic mass is 35.5. The van der Waals surface area contributed by atoms with Crippen molar-refractivity contribution in [1.82, 2.24) is 10.2 Å². The molecule has 1 aromatic heterocycles. The van der Waals surface area contributed by atoms with Crippen molar-refractivity contribution in [2.75, 3.05) is 38.2 Å². The van der Waals surface area contributed by atoms with Crippen LogP contribution in [0.1, 0.15) is 27.4 Å². The van der Waals surface area contributed by atoms with Gasteiger partial charge in [0.1, 0.15) is 17.1 Å². The molecule has 2 amide bonds. The van der Waals surface area contributed by atoms with Gasteiger partial charge in [0.25, 0.3) is 0 Å². The van der Waals surface area contributed by atoms with Crippen LogP contribution in [0, 0.1) is 13.8 Å². The maximum Gasteiger partial charge on any atom is 0.341 e. The van der Waals surface area contributed by atoms with Crippen molar-refractivity contribution in [3.05, 3.63) is 51.9 Å². The second-order valence-electron chi connectivity index (χ2n) is 6.74. The van der Waals surface area contributed by atoms with E-state index in [1.54, 1.807) is 17.9 Å². The topological polar surface area (TPSA) is 75.0 Å².